The summed E-state index contributed by atoms with van der Waals surface area (Å²) in [4.78, 5) is 18.9. The molecule has 3 nitrogen and oxygen atoms in total. The summed E-state index contributed by atoms with van der Waals surface area (Å²) in [5.41, 5.74) is 1.98. The van der Waals surface area contributed by atoms with Crippen LogP contribution in [0.25, 0.3) is 0 Å². The zero-order chi connectivity index (χ0) is 14.7. The second kappa shape index (κ2) is 6.27. The third kappa shape index (κ3) is 3.24. The van der Waals surface area contributed by atoms with Crippen molar-refractivity contribution >= 4 is 17.5 Å². The van der Waals surface area contributed by atoms with Crippen LogP contribution in [-0.4, -0.2) is 22.3 Å². The number of rotatable bonds is 3. The smallest absolute Gasteiger partial charge is 0.227 e. The highest BCUT2D eigenvalue weighted by Gasteiger charge is 2.30. The Hall–Kier alpha value is -1.87. The van der Waals surface area contributed by atoms with Gasteiger partial charge < -0.3 is 4.90 Å². The second-order valence-electron chi connectivity index (χ2n) is 5.30. The van der Waals surface area contributed by atoms with E-state index in [-0.39, 0.29) is 11.9 Å². The number of halogens is 1. The number of pyridine rings is 1. The number of carbonyl (C=O) groups is 1. The molecule has 1 aromatic carbocycles. The Morgan fingerprint density at radius 1 is 1.24 bits per heavy atom. The van der Waals surface area contributed by atoms with Gasteiger partial charge in [0.25, 0.3) is 0 Å². The third-order valence-electron chi connectivity index (χ3n) is 3.87. The lowest BCUT2D eigenvalue weighted by Crippen LogP contribution is -2.32. The van der Waals surface area contributed by atoms with Crippen molar-refractivity contribution in [3.8, 4) is 0 Å². The van der Waals surface area contributed by atoms with Crippen LogP contribution >= 0.6 is 11.6 Å². The fraction of sp³-hybridized carbons (Fsp3) is 0.294. The molecule has 1 atom stereocenters. The molecular weight excluding hydrogens is 284 g/mol. The van der Waals surface area contributed by atoms with E-state index in [9.17, 15) is 4.79 Å². The first-order chi connectivity index (χ1) is 10.2. The molecule has 0 aliphatic carbocycles. The SMILES string of the molecule is O=C(Cc1ccc(Cl)cc1)N1CCCC1c1ccccn1. The first-order valence-corrected chi connectivity index (χ1v) is 7.56. The van der Waals surface area contributed by atoms with Gasteiger partial charge in [-0.3, -0.25) is 9.78 Å². The quantitative estimate of drug-likeness (QED) is 0.867. The molecule has 0 saturated carbocycles. The van der Waals surface area contributed by atoms with E-state index in [1.165, 1.54) is 0 Å². The number of hydrogen-bond donors (Lipinski definition) is 0. The first kappa shape index (κ1) is 14.1. The topological polar surface area (TPSA) is 33.2 Å². The molecule has 1 unspecified atom stereocenters. The van der Waals surface area contributed by atoms with Gasteiger partial charge in [-0.15, -0.1) is 0 Å². The van der Waals surface area contributed by atoms with Crippen molar-refractivity contribution < 1.29 is 4.79 Å². The second-order valence-corrected chi connectivity index (χ2v) is 5.74. The van der Waals surface area contributed by atoms with E-state index in [1.807, 2.05) is 47.4 Å². The number of nitrogens with zero attached hydrogens (tertiary/aromatic N) is 2. The van der Waals surface area contributed by atoms with Crippen molar-refractivity contribution in [3.63, 3.8) is 0 Å². The predicted molar refractivity (Wildman–Crippen MR) is 83.1 cm³/mol. The summed E-state index contributed by atoms with van der Waals surface area (Å²) in [5, 5.41) is 0.693. The van der Waals surface area contributed by atoms with Crippen LogP contribution in [0.2, 0.25) is 5.02 Å². The molecule has 0 spiro atoms. The molecule has 3 rings (SSSR count). The maximum Gasteiger partial charge on any atom is 0.227 e. The molecule has 2 aromatic rings. The van der Waals surface area contributed by atoms with Crippen LogP contribution < -0.4 is 0 Å². The molecule has 108 valence electrons. The monoisotopic (exact) mass is 300 g/mol. The predicted octanol–water partition coefficient (Wildman–Crippen LogP) is 3.64. The summed E-state index contributed by atoms with van der Waals surface area (Å²) in [6.45, 7) is 0.813. The van der Waals surface area contributed by atoms with E-state index in [2.05, 4.69) is 4.98 Å². The van der Waals surface area contributed by atoms with E-state index >= 15 is 0 Å². The number of amides is 1. The summed E-state index contributed by atoms with van der Waals surface area (Å²) >= 11 is 5.87. The van der Waals surface area contributed by atoms with Gasteiger partial charge in [0.1, 0.15) is 0 Å². The van der Waals surface area contributed by atoms with Gasteiger partial charge >= 0.3 is 0 Å². The third-order valence-corrected chi connectivity index (χ3v) is 4.12. The molecule has 0 bridgehead atoms. The molecule has 1 aromatic heterocycles. The van der Waals surface area contributed by atoms with E-state index in [0.717, 1.165) is 30.6 Å². The zero-order valence-corrected chi connectivity index (χ0v) is 12.5. The Morgan fingerprint density at radius 3 is 2.76 bits per heavy atom. The van der Waals surface area contributed by atoms with Gasteiger partial charge in [-0.05, 0) is 42.7 Å². The first-order valence-electron chi connectivity index (χ1n) is 7.19. The highest BCUT2D eigenvalue weighted by atomic mass is 35.5. The van der Waals surface area contributed by atoms with Crippen molar-refractivity contribution in [2.24, 2.45) is 0 Å². The zero-order valence-electron chi connectivity index (χ0n) is 11.7. The average Bonchev–Trinajstić information content (AvgIpc) is 3.00. The number of carbonyl (C=O) groups excluding carboxylic acids is 1. The minimum Gasteiger partial charge on any atom is -0.334 e. The number of benzene rings is 1. The van der Waals surface area contributed by atoms with Crippen LogP contribution in [0.1, 0.15) is 30.1 Å². The molecular formula is C17H17ClN2O. The van der Waals surface area contributed by atoms with Gasteiger partial charge in [-0.2, -0.15) is 0 Å². The molecule has 1 saturated heterocycles. The van der Waals surface area contributed by atoms with Crippen molar-refractivity contribution in [1.29, 1.82) is 0 Å². The number of aromatic nitrogens is 1. The maximum atomic E-state index is 12.5. The maximum absolute atomic E-state index is 12.5. The van der Waals surface area contributed by atoms with E-state index in [1.54, 1.807) is 6.20 Å². The van der Waals surface area contributed by atoms with Gasteiger partial charge in [0.2, 0.25) is 5.91 Å². The summed E-state index contributed by atoms with van der Waals surface area (Å²) in [5.74, 6) is 0.158. The lowest BCUT2D eigenvalue weighted by Gasteiger charge is -2.24. The van der Waals surface area contributed by atoms with Crippen LogP contribution in [0, 0.1) is 0 Å². The molecule has 2 heterocycles. The standard InChI is InChI=1S/C17H17ClN2O/c18-14-8-6-13(7-9-14)12-17(21)20-11-3-5-16(20)15-4-1-2-10-19-15/h1-2,4,6-10,16H,3,5,11-12H2. The lowest BCUT2D eigenvalue weighted by molar-refractivity contribution is -0.131. The Labute approximate surface area is 129 Å². The number of hydrogen-bond acceptors (Lipinski definition) is 2. The fourth-order valence-electron chi connectivity index (χ4n) is 2.82. The van der Waals surface area contributed by atoms with Gasteiger partial charge in [0.05, 0.1) is 18.2 Å². The van der Waals surface area contributed by atoms with Crippen LogP contribution in [-0.2, 0) is 11.2 Å². The molecule has 1 fully saturated rings. The van der Waals surface area contributed by atoms with Crippen molar-refractivity contribution in [1.82, 2.24) is 9.88 Å². The summed E-state index contributed by atoms with van der Waals surface area (Å²) in [6, 6.07) is 13.5. The van der Waals surface area contributed by atoms with Crippen molar-refractivity contribution in [2.75, 3.05) is 6.54 Å². The van der Waals surface area contributed by atoms with Gasteiger partial charge in [-0.25, -0.2) is 0 Å². The summed E-state index contributed by atoms with van der Waals surface area (Å²) in [7, 11) is 0. The summed E-state index contributed by atoms with van der Waals surface area (Å²) in [6.07, 6.45) is 4.23. The van der Waals surface area contributed by atoms with E-state index in [4.69, 9.17) is 11.6 Å². The highest BCUT2D eigenvalue weighted by Crippen LogP contribution is 2.31. The summed E-state index contributed by atoms with van der Waals surface area (Å²) < 4.78 is 0. The molecule has 4 heteroatoms. The van der Waals surface area contributed by atoms with E-state index < -0.39 is 0 Å². The molecule has 1 aliphatic heterocycles. The fourth-order valence-corrected chi connectivity index (χ4v) is 2.95. The van der Waals surface area contributed by atoms with Crippen LogP contribution in [0.3, 0.4) is 0 Å². The average molecular weight is 301 g/mol. The van der Waals surface area contributed by atoms with E-state index in [0.29, 0.717) is 11.4 Å². The van der Waals surface area contributed by atoms with Gasteiger partial charge in [-0.1, -0.05) is 29.8 Å². The minimum atomic E-state index is 0.117. The molecule has 0 radical (unpaired) electrons. The minimum absolute atomic E-state index is 0.117. The van der Waals surface area contributed by atoms with Crippen molar-refractivity contribution in [3.05, 3.63) is 64.9 Å². The Balaban J connectivity index is 1.73. The van der Waals surface area contributed by atoms with Crippen molar-refractivity contribution in [2.45, 2.75) is 25.3 Å². The van der Waals surface area contributed by atoms with Gasteiger partial charge in [0.15, 0.2) is 0 Å². The Bertz CT molecular complexity index is 612. The van der Waals surface area contributed by atoms with Gasteiger partial charge in [0, 0.05) is 17.8 Å². The highest BCUT2D eigenvalue weighted by molar-refractivity contribution is 6.30. The van der Waals surface area contributed by atoms with Crippen LogP contribution in [0.5, 0.6) is 0 Å². The Morgan fingerprint density at radius 2 is 2.05 bits per heavy atom. The Kier molecular flexibility index (Phi) is 4.20. The number of likely N-dealkylation sites (tertiary alicyclic amines) is 1. The van der Waals surface area contributed by atoms with Crippen LogP contribution in [0.4, 0.5) is 0 Å². The lowest BCUT2D eigenvalue weighted by atomic mass is 10.1. The molecule has 0 N–H and O–H groups in total. The largest absolute Gasteiger partial charge is 0.334 e. The normalized spacial score (nSPS) is 18.0. The molecule has 1 amide bonds. The molecule has 21 heavy (non-hydrogen) atoms. The molecule has 1 aliphatic rings. The van der Waals surface area contributed by atoms with Crippen LogP contribution in [0.15, 0.2) is 48.7 Å².